The number of nitrogens with one attached hydrogen (secondary N) is 1. The first kappa shape index (κ1) is 78.6. The number of hydrogen-bond donors (Lipinski definition) is 1. The highest BCUT2D eigenvalue weighted by atomic mass is 35.5. The molecule has 6 fully saturated rings. The molecule has 3 spiro atoms. The summed E-state index contributed by atoms with van der Waals surface area (Å²) < 4.78 is 51.9. The highest BCUT2D eigenvalue weighted by Gasteiger charge is 2.57. The van der Waals surface area contributed by atoms with Gasteiger partial charge < -0.3 is 57.7 Å². The monoisotopic (exact) mass is 1500 g/mol. The maximum atomic E-state index is 12.5. The third-order valence-corrected chi connectivity index (χ3v) is 18.2. The van der Waals surface area contributed by atoms with E-state index in [1.807, 2.05) is 55.4 Å². The number of rotatable bonds is 14. The van der Waals surface area contributed by atoms with Crippen molar-refractivity contribution < 1.29 is 57.0 Å². The number of nitrogens with zero attached hydrogens (tertiary/aromatic N) is 11. The topological polar surface area (TPSA) is 243 Å². The van der Waals surface area contributed by atoms with Crippen molar-refractivity contribution in [2.45, 2.75) is 163 Å². The minimum absolute atomic E-state index is 0.0476. The van der Waals surface area contributed by atoms with Crippen molar-refractivity contribution in [3.63, 3.8) is 0 Å². The molecule has 2 amide bonds. The molecule has 3 saturated heterocycles. The molecule has 12 rings (SSSR count). The van der Waals surface area contributed by atoms with Crippen LogP contribution in [0.3, 0.4) is 0 Å². The molecule has 3 atom stereocenters. The Morgan fingerprint density at radius 3 is 1.18 bits per heavy atom. The van der Waals surface area contributed by atoms with Crippen LogP contribution in [0.2, 0.25) is 15.1 Å². The van der Waals surface area contributed by atoms with Crippen molar-refractivity contribution in [3.05, 3.63) is 140 Å². The van der Waals surface area contributed by atoms with Gasteiger partial charge in [-0.3, -0.25) is 0 Å². The van der Waals surface area contributed by atoms with Crippen LogP contribution in [0, 0.1) is 56.7 Å². The molecule has 3 aliphatic heterocycles. The Morgan fingerprint density at radius 1 is 0.545 bits per heavy atom. The van der Waals surface area contributed by atoms with Gasteiger partial charge in [0.15, 0.2) is 17.1 Å². The van der Waals surface area contributed by atoms with Gasteiger partial charge in [0.2, 0.25) is 35.3 Å². The Bertz CT molecular complexity index is 4040. The van der Waals surface area contributed by atoms with E-state index >= 15 is 0 Å². The number of carbonyl (C=O) groups is 3. The molecule has 6 aliphatic rings. The zero-order valence-electron chi connectivity index (χ0n) is 57.7. The second-order valence-corrected chi connectivity index (χ2v) is 28.9. The van der Waals surface area contributed by atoms with Gasteiger partial charge in [0.25, 0.3) is 0 Å². The van der Waals surface area contributed by atoms with E-state index in [-0.39, 0.29) is 64.3 Å². The maximum absolute atomic E-state index is 12.5. The fourth-order valence-electron chi connectivity index (χ4n) is 11.4. The molecular formula is C71H80Cl6N12O12. The number of halogens is 6. The normalized spacial score (nSPS) is 18.3. The van der Waals surface area contributed by atoms with E-state index in [0.717, 1.165) is 50.8 Å². The van der Waals surface area contributed by atoms with Gasteiger partial charge in [-0.05, 0) is 157 Å². The Hall–Kier alpha value is -8.12. The fraction of sp³-hybridized carbons (Fsp3) is 0.493. The SMILES string of the molecule is CC(C)OC(=O)Cl.ClCCl.[C-]#[N+]c1ccc(Oc2ncnc(OC3CCN(C(=O)OC(C)(C)C)CC34CC4)c2C)c(Cl)c1.[C-]#[N+]c1ccc(Oc2ncnc(OC3CCN(C(=O)OC(C)C)CC34CC4)c2C)c(Cl)c1.[C-]#[N+]c1ccc(Oc2ncnc(OC3CCNCC34CC4)c2C)c(Cl)c1. The van der Waals surface area contributed by atoms with Gasteiger partial charge >= 0.3 is 17.6 Å². The lowest BCUT2D eigenvalue weighted by molar-refractivity contribution is -0.00979. The predicted molar refractivity (Wildman–Crippen MR) is 384 cm³/mol. The van der Waals surface area contributed by atoms with Crippen molar-refractivity contribution in [1.29, 1.82) is 0 Å². The van der Waals surface area contributed by atoms with Crippen LogP contribution in [-0.2, 0) is 14.2 Å². The third kappa shape index (κ3) is 21.7. The minimum atomic E-state index is -0.741. The lowest BCUT2D eigenvalue weighted by Crippen LogP contribution is -2.50. The fourth-order valence-corrected chi connectivity index (χ4v) is 12.2. The van der Waals surface area contributed by atoms with Crippen LogP contribution in [0.5, 0.6) is 52.5 Å². The molecule has 0 radical (unpaired) electrons. The van der Waals surface area contributed by atoms with Gasteiger partial charge in [-0.1, -0.05) is 53.0 Å². The molecule has 3 aromatic heterocycles. The van der Waals surface area contributed by atoms with Gasteiger partial charge in [0.05, 0.1) is 69.0 Å². The van der Waals surface area contributed by atoms with Crippen molar-refractivity contribution in [2.24, 2.45) is 16.2 Å². The van der Waals surface area contributed by atoms with Crippen LogP contribution in [0.15, 0.2) is 73.6 Å². The summed E-state index contributed by atoms with van der Waals surface area (Å²) in [5, 5.41) is 4.68. The standard InChI is InChI=1S/C24H27ClN4O4.C23H25ClN4O4.C19H19ClN4O2.C4H7ClO2.CH2Cl2/c1-15-20(31-18-7-6-16(26-5)12-17(18)25)27-14-28-21(15)32-19-8-11-29(13-24(19)9-10-24)22(30)33-23(2,3)4;1-14(2)30-22(29)28-10-7-19(23(12-28)8-9-23)32-21-15(3)20(26-13-27-21)31-18-6-5-16(25-4)11-17(18)24;1-12-17(25-15-4-3-13(21-2)9-14(15)20)23-11-24-18(12)26-16-5-8-22-10-19(16)6-7-19;1-3(2)7-4(5)6;2-1-3/h6-7,12,14,19H,8-11,13H2,1-4H3;5-6,11,13-14,19H,7-10,12H2,1-3H3;3-4,9,11,16,22H,5-8,10H2,1H3;3H,1-2H3;1H2. The number of amides is 2. The summed E-state index contributed by atoms with van der Waals surface area (Å²) >= 11 is 33.0. The number of carbonyl (C=O) groups excluding carboxylic acids is 3. The molecule has 538 valence electrons. The lowest BCUT2D eigenvalue weighted by atomic mass is 9.91. The van der Waals surface area contributed by atoms with Gasteiger partial charge in [0.1, 0.15) is 60.1 Å². The van der Waals surface area contributed by atoms with Crippen LogP contribution >= 0.6 is 69.6 Å². The average Bonchev–Trinajstić information content (AvgIpc) is 1.60. The van der Waals surface area contributed by atoms with E-state index in [9.17, 15) is 14.4 Å². The predicted octanol–water partition coefficient (Wildman–Crippen LogP) is 19.0. The first-order chi connectivity index (χ1) is 48.1. The number of likely N-dealkylation sites (tertiary alicyclic amines) is 2. The molecule has 6 heterocycles. The van der Waals surface area contributed by atoms with E-state index in [2.05, 4.69) is 54.5 Å². The third-order valence-electron chi connectivity index (χ3n) is 17.2. The number of aromatic nitrogens is 6. The van der Waals surface area contributed by atoms with Crippen LogP contribution in [-0.4, -0.2) is 138 Å². The molecule has 1 N–H and O–H groups in total. The lowest BCUT2D eigenvalue weighted by Gasteiger charge is -2.39. The number of ether oxygens (including phenoxy) is 9. The van der Waals surface area contributed by atoms with Crippen molar-refractivity contribution >= 4 is 104 Å². The Balaban J connectivity index is 0.000000181. The van der Waals surface area contributed by atoms with E-state index in [1.54, 1.807) is 78.2 Å². The molecule has 101 heavy (non-hydrogen) atoms. The van der Waals surface area contributed by atoms with Crippen LogP contribution in [0.1, 0.15) is 123 Å². The summed E-state index contributed by atoms with van der Waals surface area (Å²) in [6.07, 6.45) is 12.3. The van der Waals surface area contributed by atoms with Gasteiger partial charge in [0, 0.05) is 73.4 Å². The van der Waals surface area contributed by atoms with Crippen molar-refractivity contribution in [3.8, 4) is 52.5 Å². The largest absolute Gasteiger partial charge is 0.473 e. The quantitative estimate of drug-likeness (QED) is 0.0461. The molecule has 6 aromatic rings. The number of piperidine rings is 3. The van der Waals surface area contributed by atoms with E-state index in [4.69, 9.17) is 127 Å². The number of hydrogen-bond acceptors (Lipinski definition) is 19. The van der Waals surface area contributed by atoms with Crippen molar-refractivity contribution in [2.75, 3.05) is 44.6 Å². The van der Waals surface area contributed by atoms with E-state index < -0.39 is 11.0 Å². The highest BCUT2D eigenvalue weighted by Crippen LogP contribution is 2.56. The Labute approximate surface area is 618 Å². The average molecular weight is 1510 g/mol. The minimum Gasteiger partial charge on any atom is -0.473 e. The summed E-state index contributed by atoms with van der Waals surface area (Å²) in [6.45, 7) is 43.9. The number of alkyl halides is 2. The van der Waals surface area contributed by atoms with Crippen LogP contribution in [0.25, 0.3) is 14.5 Å². The molecule has 3 unspecified atom stereocenters. The molecule has 30 heteroatoms. The number of benzene rings is 3. The van der Waals surface area contributed by atoms with E-state index in [1.165, 1.54) is 31.8 Å². The van der Waals surface area contributed by atoms with Crippen LogP contribution in [0.4, 0.5) is 31.4 Å². The van der Waals surface area contributed by atoms with E-state index in [0.29, 0.717) is 135 Å². The Morgan fingerprint density at radius 2 is 0.881 bits per heavy atom. The molecule has 3 saturated carbocycles. The zero-order chi connectivity index (χ0) is 73.4. The van der Waals surface area contributed by atoms with Gasteiger partial charge in [-0.25, -0.2) is 58.8 Å². The van der Waals surface area contributed by atoms with Crippen molar-refractivity contribution in [1.82, 2.24) is 45.0 Å². The van der Waals surface area contributed by atoms with Gasteiger partial charge in [-0.15, -0.1) is 23.2 Å². The summed E-state index contributed by atoms with van der Waals surface area (Å²) in [5.74, 6) is 3.82. The molecular weight excluding hydrogens is 1430 g/mol. The van der Waals surface area contributed by atoms with Crippen LogP contribution < -0.4 is 33.7 Å². The first-order valence-corrected chi connectivity index (χ1v) is 35.3. The molecule has 24 nitrogen and oxygen atoms in total. The zero-order valence-corrected chi connectivity index (χ0v) is 62.3. The second kappa shape index (κ2) is 35.2. The summed E-state index contributed by atoms with van der Waals surface area (Å²) in [7, 11) is 0. The summed E-state index contributed by atoms with van der Waals surface area (Å²) in [5.41, 5.74) is 2.26. The van der Waals surface area contributed by atoms with Gasteiger partial charge in [-0.2, -0.15) is 0 Å². The second-order valence-electron chi connectivity index (χ2n) is 26.5. The molecule has 3 aliphatic carbocycles. The molecule has 0 bridgehead atoms. The first-order valence-electron chi connectivity index (χ1n) is 32.7. The smallest absolute Gasteiger partial charge is 0.410 e. The molecule has 3 aromatic carbocycles. The highest BCUT2D eigenvalue weighted by molar-refractivity contribution is 6.61. The maximum Gasteiger partial charge on any atom is 0.410 e. The summed E-state index contributed by atoms with van der Waals surface area (Å²) in [6, 6.07) is 14.6. The summed E-state index contributed by atoms with van der Waals surface area (Å²) in [4.78, 5) is 73.9. The Kier molecular flexibility index (Phi) is 27.4.